The highest BCUT2D eigenvalue weighted by Crippen LogP contribution is 2.18. The van der Waals surface area contributed by atoms with Gasteiger partial charge >= 0.3 is 5.97 Å². The summed E-state index contributed by atoms with van der Waals surface area (Å²) in [6.07, 6.45) is 2.98. The lowest BCUT2D eigenvalue weighted by Crippen LogP contribution is -2.43. The van der Waals surface area contributed by atoms with Crippen molar-refractivity contribution in [3.63, 3.8) is 0 Å². The Bertz CT molecular complexity index is 578. The van der Waals surface area contributed by atoms with E-state index in [0.29, 0.717) is 11.4 Å². The number of aliphatic imine (C=N–C) groups is 1. The molecule has 0 aromatic heterocycles. The number of aliphatic carboxylic acids is 1. The van der Waals surface area contributed by atoms with Crippen LogP contribution < -0.4 is 10.6 Å². The van der Waals surface area contributed by atoms with E-state index in [1.54, 1.807) is 13.0 Å². The van der Waals surface area contributed by atoms with Crippen LogP contribution in [0.25, 0.3) is 0 Å². The highest BCUT2D eigenvalue weighted by atomic mass is 16.4. The molecule has 1 saturated heterocycles. The van der Waals surface area contributed by atoms with Crippen LogP contribution in [-0.2, 0) is 9.59 Å². The monoisotopic (exact) mass is 303 g/mol. The van der Waals surface area contributed by atoms with Crippen LogP contribution in [0.2, 0.25) is 0 Å². The van der Waals surface area contributed by atoms with Crippen LogP contribution in [-0.4, -0.2) is 41.8 Å². The standard InChI is InChI=1S/C16H21N3O3/c1-11(18-10-15(20)21)12-6-2-3-7-13(12)19-16(22)14-8-4-5-9-17-14/h2-3,6-7,14,17H,4-5,8-10H2,1H3,(H,19,22)(H,20,21). The molecule has 1 aliphatic rings. The number of amides is 1. The van der Waals surface area contributed by atoms with E-state index in [-0.39, 0.29) is 18.5 Å². The van der Waals surface area contributed by atoms with Crippen LogP contribution in [0.5, 0.6) is 0 Å². The smallest absolute Gasteiger partial charge is 0.325 e. The Morgan fingerprint density at radius 1 is 1.36 bits per heavy atom. The average molecular weight is 303 g/mol. The number of piperidine rings is 1. The summed E-state index contributed by atoms with van der Waals surface area (Å²) in [6, 6.07) is 7.13. The first-order valence-electron chi connectivity index (χ1n) is 7.44. The van der Waals surface area contributed by atoms with E-state index in [0.717, 1.165) is 31.4 Å². The van der Waals surface area contributed by atoms with Gasteiger partial charge in [-0.2, -0.15) is 0 Å². The highest BCUT2D eigenvalue weighted by molar-refractivity contribution is 6.07. The van der Waals surface area contributed by atoms with Crippen molar-refractivity contribution >= 4 is 23.3 Å². The predicted octanol–water partition coefficient (Wildman–Crippen LogP) is 1.66. The molecule has 1 amide bonds. The van der Waals surface area contributed by atoms with E-state index in [1.807, 2.05) is 18.2 Å². The van der Waals surface area contributed by atoms with Crippen molar-refractivity contribution in [2.45, 2.75) is 32.2 Å². The minimum absolute atomic E-state index is 0.0572. The van der Waals surface area contributed by atoms with Crippen molar-refractivity contribution in [1.82, 2.24) is 5.32 Å². The second-order valence-electron chi connectivity index (χ2n) is 5.33. The van der Waals surface area contributed by atoms with Crippen molar-refractivity contribution in [3.8, 4) is 0 Å². The van der Waals surface area contributed by atoms with Crippen LogP contribution in [0.4, 0.5) is 5.69 Å². The van der Waals surface area contributed by atoms with Gasteiger partial charge in [0.25, 0.3) is 0 Å². The summed E-state index contributed by atoms with van der Waals surface area (Å²) in [5, 5.41) is 14.8. The fourth-order valence-corrected chi connectivity index (χ4v) is 2.47. The predicted molar refractivity (Wildman–Crippen MR) is 85.4 cm³/mol. The number of carboxylic acid groups (broad SMARTS) is 1. The van der Waals surface area contributed by atoms with Crippen molar-refractivity contribution < 1.29 is 14.7 Å². The van der Waals surface area contributed by atoms with Gasteiger partial charge in [-0.1, -0.05) is 24.6 Å². The number of hydrogen-bond donors (Lipinski definition) is 3. The molecule has 1 aromatic rings. The first kappa shape index (κ1) is 16.2. The van der Waals surface area contributed by atoms with Crippen LogP contribution >= 0.6 is 0 Å². The molecule has 22 heavy (non-hydrogen) atoms. The second-order valence-corrected chi connectivity index (χ2v) is 5.33. The molecule has 0 radical (unpaired) electrons. The maximum Gasteiger partial charge on any atom is 0.325 e. The summed E-state index contributed by atoms with van der Waals surface area (Å²) in [5.74, 6) is -1.04. The number of carbonyl (C=O) groups excluding carboxylic acids is 1. The molecule has 0 aliphatic carbocycles. The van der Waals surface area contributed by atoms with Crippen molar-refractivity contribution in [2.24, 2.45) is 4.99 Å². The molecule has 1 unspecified atom stereocenters. The van der Waals surface area contributed by atoms with E-state index in [4.69, 9.17) is 5.11 Å². The quantitative estimate of drug-likeness (QED) is 0.722. The van der Waals surface area contributed by atoms with Crippen LogP contribution in [0.15, 0.2) is 29.3 Å². The summed E-state index contributed by atoms with van der Waals surface area (Å²) in [5.41, 5.74) is 1.99. The summed E-state index contributed by atoms with van der Waals surface area (Å²) in [4.78, 5) is 26.9. The van der Waals surface area contributed by atoms with Crippen LogP contribution in [0, 0.1) is 0 Å². The number of carbonyl (C=O) groups is 2. The lowest BCUT2D eigenvalue weighted by Gasteiger charge is -2.23. The topological polar surface area (TPSA) is 90.8 Å². The molecule has 3 N–H and O–H groups in total. The fraction of sp³-hybridized carbons (Fsp3) is 0.438. The number of benzene rings is 1. The van der Waals surface area contributed by atoms with Gasteiger partial charge in [-0.3, -0.25) is 14.6 Å². The maximum atomic E-state index is 12.3. The highest BCUT2D eigenvalue weighted by Gasteiger charge is 2.21. The van der Waals surface area contributed by atoms with Crippen molar-refractivity contribution in [1.29, 1.82) is 0 Å². The van der Waals surface area contributed by atoms with Gasteiger partial charge in [0.1, 0.15) is 6.54 Å². The summed E-state index contributed by atoms with van der Waals surface area (Å²) < 4.78 is 0. The first-order chi connectivity index (χ1) is 10.6. The Morgan fingerprint density at radius 2 is 2.14 bits per heavy atom. The first-order valence-corrected chi connectivity index (χ1v) is 7.44. The zero-order chi connectivity index (χ0) is 15.9. The van der Waals surface area contributed by atoms with Gasteiger partial charge in [-0.05, 0) is 32.4 Å². The third-order valence-electron chi connectivity index (χ3n) is 3.65. The number of nitrogens with zero attached hydrogens (tertiary/aromatic N) is 1. The number of anilines is 1. The minimum Gasteiger partial charge on any atom is -0.480 e. The van der Waals surface area contributed by atoms with Gasteiger partial charge in [-0.15, -0.1) is 0 Å². The lowest BCUT2D eigenvalue weighted by atomic mass is 10.0. The second kappa shape index (κ2) is 7.70. The molecule has 1 aliphatic heterocycles. The minimum atomic E-state index is -0.979. The SMILES string of the molecule is CC(=NCC(=O)O)c1ccccc1NC(=O)C1CCCCN1. The zero-order valence-electron chi connectivity index (χ0n) is 12.6. The molecule has 0 bridgehead atoms. The molecular weight excluding hydrogens is 282 g/mol. The Kier molecular flexibility index (Phi) is 5.66. The molecular formula is C16H21N3O3. The third kappa shape index (κ3) is 4.39. The maximum absolute atomic E-state index is 12.3. The number of rotatable bonds is 5. The molecule has 6 heteroatoms. The third-order valence-corrected chi connectivity index (χ3v) is 3.65. The van der Waals surface area contributed by atoms with Gasteiger partial charge in [0.2, 0.25) is 5.91 Å². The molecule has 0 saturated carbocycles. The van der Waals surface area contributed by atoms with E-state index in [2.05, 4.69) is 15.6 Å². The van der Waals surface area contributed by atoms with Gasteiger partial charge in [0, 0.05) is 17.0 Å². The van der Waals surface area contributed by atoms with Crippen LogP contribution in [0.3, 0.4) is 0 Å². The zero-order valence-corrected chi connectivity index (χ0v) is 12.6. The van der Waals surface area contributed by atoms with Gasteiger partial charge in [-0.25, -0.2) is 0 Å². The summed E-state index contributed by atoms with van der Waals surface area (Å²) in [7, 11) is 0. The van der Waals surface area contributed by atoms with Crippen molar-refractivity contribution in [3.05, 3.63) is 29.8 Å². The molecule has 1 aromatic carbocycles. The molecule has 0 spiro atoms. The molecule has 6 nitrogen and oxygen atoms in total. The Balaban J connectivity index is 2.12. The summed E-state index contributed by atoms with van der Waals surface area (Å²) >= 11 is 0. The Hall–Kier alpha value is -2.21. The van der Waals surface area contributed by atoms with E-state index < -0.39 is 5.97 Å². The molecule has 1 fully saturated rings. The Labute approximate surface area is 129 Å². The number of hydrogen-bond acceptors (Lipinski definition) is 4. The molecule has 2 rings (SSSR count). The number of carboxylic acids is 1. The Morgan fingerprint density at radius 3 is 2.82 bits per heavy atom. The van der Waals surface area contributed by atoms with E-state index >= 15 is 0 Å². The van der Waals surface area contributed by atoms with E-state index in [9.17, 15) is 9.59 Å². The number of para-hydroxylation sites is 1. The van der Waals surface area contributed by atoms with Gasteiger partial charge < -0.3 is 15.7 Å². The molecule has 1 atom stereocenters. The molecule has 1 heterocycles. The van der Waals surface area contributed by atoms with Gasteiger partial charge in [0.05, 0.1) is 6.04 Å². The number of nitrogens with one attached hydrogen (secondary N) is 2. The van der Waals surface area contributed by atoms with Crippen molar-refractivity contribution in [2.75, 3.05) is 18.4 Å². The molecule has 118 valence electrons. The fourth-order valence-electron chi connectivity index (χ4n) is 2.47. The normalized spacial score (nSPS) is 18.8. The average Bonchev–Trinajstić information content (AvgIpc) is 2.54. The van der Waals surface area contributed by atoms with Crippen LogP contribution in [0.1, 0.15) is 31.7 Å². The lowest BCUT2D eigenvalue weighted by molar-refractivity contribution is -0.135. The van der Waals surface area contributed by atoms with E-state index in [1.165, 1.54) is 0 Å². The van der Waals surface area contributed by atoms with Gasteiger partial charge in [0.15, 0.2) is 0 Å². The largest absolute Gasteiger partial charge is 0.480 e. The summed E-state index contributed by atoms with van der Waals surface area (Å²) in [6.45, 7) is 2.32.